The van der Waals surface area contributed by atoms with Crippen LogP contribution in [-0.4, -0.2) is 18.2 Å². The third-order valence-corrected chi connectivity index (χ3v) is 2.44. The lowest BCUT2D eigenvalue weighted by Gasteiger charge is -2.12. The lowest BCUT2D eigenvalue weighted by molar-refractivity contribution is 0.288. The van der Waals surface area contributed by atoms with E-state index >= 15 is 0 Å². The number of nitrogens with zero attached hydrogens (tertiary/aromatic N) is 1. The number of hydrogen-bond donors (Lipinski definition) is 1. The number of pyridine rings is 1. The molecule has 1 aromatic carbocycles. The zero-order chi connectivity index (χ0) is 12.3. The van der Waals surface area contributed by atoms with Gasteiger partial charge in [0.2, 0.25) is 0 Å². The Morgan fingerprint density at radius 3 is 2.33 bits per heavy atom. The second-order valence-corrected chi connectivity index (χ2v) is 3.58. The lowest BCUT2D eigenvalue weighted by Crippen LogP contribution is -1.99. The molecule has 0 unspecified atom stereocenters. The molecule has 4 nitrogen and oxygen atoms in total. The molecule has 0 spiro atoms. The zero-order valence-electron chi connectivity index (χ0n) is 10.5. The molecule has 1 aromatic heterocycles. The lowest BCUT2D eigenvalue weighted by atomic mass is 10.1. The number of hydrogen-bond acceptors (Lipinski definition) is 4. The van der Waals surface area contributed by atoms with E-state index in [1.165, 1.54) is 0 Å². The van der Waals surface area contributed by atoms with Gasteiger partial charge in [0.05, 0.1) is 18.7 Å². The standard InChI is InChI=1S/C13H16N2O2.ClH/c1-3-16-12-7-9-10(14)5-6-15-11(9)8-13(12)17-4-2;/h5-8H,3-4H2,1-2H3,(H2,14,15);1H. The largest absolute Gasteiger partial charge is 0.490 e. The van der Waals surface area contributed by atoms with Gasteiger partial charge in [0.25, 0.3) is 0 Å². The van der Waals surface area contributed by atoms with Crippen molar-refractivity contribution in [2.75, 3.05) is 18.9 Å². The summed E-state index contributed by atoms with van der Waals surface area (Å²) in [5.41, 5.74) is 7.42. The van der Waals surface area contributed by atoms with Crippen molar-refractivity contribution in [1.29, 1.82) is 0 Å². The van der Waals surface area contributed by atoms with Gasteiger partial charge >= 0.3 is 0 Å². The van der Waals surface area contributed by atoms with Crippen LogP contribution in [0, 0.1) is 0 Å². The summed E-state index contributed by atoms with van der Waals surface area (Å²) in [6.07, 6.45) is 1.69. The van der Waals surface area contributed by atoms with Gasteiger partial charge in [-0.3, -0.25) is 4.98 Å². The molecule has 0 aliphatic carbocycles. The highest BCUT2D eigenvalue weighted by atomic mass is 35.5. The minimum Gasteiger partial charge on any atom is -0.490 e. The quantitative estimate of drug-likeness (QED) is 0.926. The number of nitrogen functional groups attached to an aromatic ring is 1. The molecule has 5 heteroatoms. The SMILES string of the molecule is CCOc1cc2nccc(N)c2cc1OCC.Cl. The summed E-state index contributed by atoms with van der Waals surface area (Å²) in [5, 5.41) is 0.888. The van der Waals surface area contributed by atoms with Gasteiger partial charge in [-0.05, 0) is 26.0 Å². The van der Waals surface area contributed by atoms with Crippen LogP contribution in [0.4, 0.5) is 5.69 Å². The van der Waals surface area contributed by atoms with Crippen molar-refractivity contribution >= 4 is 29.0 Å². The number of benzene rings is 1. The van der Waals surface area contributed by atoms with Crippen molar-refractivity contribution in [1.82, 2.24) is 4.98 Å². The molecule has 0 aliphatic heterocycles. The summed E-state index contributed by atoms with van der Waals surface area (Å²) in [6, 6.07) is 5.52. The van der Waals surface area contributed by atoms with E-state index in [-0.39, 0.29) is 12.4 Å². The average Bonchev–Trinajstić information content (AvgIpc) is 2.32. The molecule has 0 radical (unpaired) electrons. The molecule has 0 atom stereocenters. The Hall–Kier alpha value is -1.68. The van der Waals surface area contributed by atoms with Crippen LogP contribution in [0.15, 0.2) is 24.4 Å². The van der Waals surface area contributed by atoms with E-state index in [1.807, 2.05) is 26.0 Å². The average molecular weight is 269 g/mol. The van der Waals surface area contributed by atoms with Gasteiger partial charge in [-0.25, -0.2) is 0 Å². The molecule has 2 aromatic rings. The van der Waals surface area contributed by atoms with Crippen LogP contribution in [0.5, 0.6) is 11.5 Å². The van der Waals surface area contributed by atoms with Gasteiger partial charge in [0.1, 0.15) is 0 Å². The molecular formula is C13H17ClN2O2. The van der Waals surface area contributed by atoms with Crippen LogP contribution in [-0.2, 0) is 0 Å². The molecule has 0 fully saturated rings. The second-order valence-electron chi connectivity index (χ2n) is 3.58. The third kappa shape index (κ3) is 2.76. The molecule has 98 valence electrons. The monoisotopic (exact) mass is 268 g/mol. The van der Waals surface area contributed by atoms with Gasteiger partial charge < -0.3 is 15.2 Å². The summed E-state index contributed by atoms with van der Waals surface area (Å²) < 4.78 is 11.1. The highest BCUT2D eigenvalue weighted by Gasteiger charge is 2.09. The summed E-state index contributed by atoms with van der Waals surface area (Å²) in [4.78, 5) is 4.27. The molecular weight excluding hydrogens is 252 g/mol. The first-order chi connectivity index (χ1) is 8.26. The van der Waals surface area contributed by atoms with Crippen LogP contribution in [0.25, 0.3) is 10.9 Å². The Morgan fingerprint density at radius 2 is 1.72 bits per heavy atom. The van der Waals surface area contributed by atoms with E-state index in [0.29, 0.717) is 30.4 Å². The number of halogens is 1. The molecule has 0 saturated carbocycles. The van der Waals surface area contributed by atoms with Crippen molar-refractivity contribution < 1.29 is 9.47 Å². The highest BCUT2D eigenvalue weighted by Crippen LogP contribution is 2.33. The fourth-order valence-corrected chi connectivity index (χ4v) is 1.71. The van der Waals surface area contributed by atoms with E-state index in [2.05, 4.69) is 4.98 Å². The van der Waals surface area contributed by atoms with Crippen LogP contribution in [0.2, 0.25) is 0 Å². The topological polar surface area (TPSA) is 57.4 Å². The van der Waals surface area contributed by atoms with Crippen molar-refractivity contribution in [3.8, 4) is 11.5 Å². The van der Waals surface area contributed by atoms with Gasteiger partial charge in [-0.2, -0.15) is 0 Å². The molecule has 18 heavy (non-hydrogen) atoms. The summed E-state index contributed by atoms with van der Waals surface area (Å²) in [5.74, 6) is 1.42. The predicted molar refractivity (Wildman–Crippen MR) is 75.7 cm³/mol. The molecule has 0 bridgehead atoms. The Balaban J connectivity index is 0.00000162. The summed E-state index contributed by atoms with van der Waals surface area (Å²) >= 11 is 0. The van der Waals surface area contributed by atoms with Crippen molar-refractivity contribution in [2.24, 2.45) is 0 Å². The van der Waals surface area contributed by atoms with E-state index in [0.717, 1.165) is 10.9 Å². The van der Waals surface area contributed by atoms with Crippen molar-refractivity contribution in [2.45, 2.75) is 13.8 Å². The Labute approximate surface area is 113 Å². The van der Waals surface area contributed by atoms with Gasteiger partial charge in [-0.15, -0.1) is 12.4 Å². The second kappa shape index (κ2) is 6.31. The number of nitrogens with two attached hydrogens (primary N) is 1. The van der Waals surface area contributed by atoms with E-state index in [9.17, 15) is 0 Å². The highest BCUT2D eigenvalue weighted by molar-refractivity contribution is 5.92. The first kappa shape index (κ1) is 14.4. The Kier molecular flexibility index (Phi) is 5.04. The van der Waals surface area contributed by atoms with Crippen LogP contribution in [0.3, 0.4) is 0 Å². The molecule has 1 heterocycles. The smallest absolute Gasteiger partial charge is 0.163 e. The Morgan fingerprint density at radius 1 is 1.11 bits per heavy atom. The maximum atomic E-state index is 5.91. The van der Waals surface area contributed by atoms with Crippen molar-refractivity contribution in [3.05, 3.63) is 24.4 Å². The van der Waals surface area contributed by atoms with Crippen LogP contribution < -0.4 is 15.2 Å². The number of fused-ring (bicyclic) bond motifs is 1. The minimum absolute atomic E-state index is 0. The van der Waals surface area contributed by atoms with Gasteiger partial charge in [-0.1, -0.05) is 0 Å². The predicted octanol–water partition coefficient (Wildman–Crippen LogP) is 3.04. The van der Waals surface area contributed by atoms with Crippen molar-refractivity contribution in [3.63, 3.8) is 0 Å². The maximum absolute atomic E-state index is 5.91. The fraction of sp³-hybridized carbons (Fsp3) is 0.308. The molecule has 2 rings (SSSR count). The first-order valence-corrected chi connectivity index (χ1v) is 5.70. The van der Waals surface area contributed by atoms with Crippen LogP contribution in [0.1, 0.15) is 13.8 Å². The third-order valence-electron chi connectivity index (χ3n) is 2.44. The number of rotatable bonds is 4. The Bertz CT molecular complexity index is 532. The van der Waals surface area contributed by atoms with E-state index < -0.39 is 0 Å². The molecule has 0 aliphatic rings. The molecule has 2 N–H and O–H groups in total. The maximum Gasteiger partial charge on any atom is 0.163 e. The van der Waals surface area contributed by atoms with E-state index in [1.54, 1.807) is 12.3 Å². The normalized spacial score (nSPS) is 9.89. The number of ether oxygens (including phenoxy) is 2. The summed E-state index contributed by atoms with van der Waals surface area (Å²) in [6.45, 7) is 5.05. The van der Waals surface area contributed by atoms with Gasteiger partial charge in [0, 0.05) is 23.3 Å². The fourth-order valence-electron chi connectivity index (χ4n) is 1.71. The van der Waals surface area contributed by atoms with Gasteiger partial charge in [0.15, 0.2) is 11.5 Å². The summed E-state index contributed by atoms with van der Waals surface area (Å²) in [7, 11) is 0. The number of anilines is 1. The molecule has 0 saturated heterocycles. The minimum atomic E-state index is 0. The van der Waals surface area contributed by atoms with E-state index in [4.69, 9.17) is 15.2 Å². The number of aromatic nitrogens is 1. The van der Waals surface area contributed by atoms with Crippen LogP contribution >= 0.6 is 12.4 Å². The molecule has 0 amide bonds. The zero-order valence-corrected chi connectivity index (χ0v) is 11.3. The first-order valence-electron chi connectivity index (χ1n) is 5.70.